The van der Waals surface area contributed by atoms with Crippen LogP contribution in [0, 0.1) is 0 Å². The van der Waals surface area contributed by atoms with E-state index in [1.54, 1.807) is 42.5 Å². The molecule has 0 saturated carbocycles. The van der Waals surface area contributed by atoms with Gasteiger partial charge >= 0.3 is 5.97 Å². The summed E-state index contributed by atoms with van der Waals surface area (Å²) in [7, 11) is 0. The average molecular weight is 447 g/mol. The smallest absolute Gasteiger partial charge is 0.326 e. The van der Waals surface area contributed by atoms with Crippen LogP contribution >= 0.6 is 11.6 Å². The number of hydrogen-bond acceptors (Lipinski definition) is 5. The van der Waals surface area contributed by atoms with E-state index in [0.29, 0.717) is 22.9 Å². The molecule has 0 aliphatic carbocycles. The van der Waals surface area contributed by atoms with Gasteiger partial charge in [-0.3, -0.25) is 14.4 Å². The Labute approximate surface area is 187 Å². The highest BCUT2D eigenvalue weighted by Gasteiger charge is 2.18. The van der Waals surface area contributed by atoms with Crippen LogP contribution in [0.1, 0.15) is 42.6 Å². The van der Waals surface area contributed by atoms with Crippen molar-refractivity contribution in [2.75, 3.05) is 13.2 Å². The van der Waals surface area contributed by atoms with Crippen LogP contribution in [-0.4, -0.2) is 37.0 Å². The Hall–Kier alpha value is -3.06. The molecule has 0 aliphatic rings. The largest absolute Gasteiger partial charge is 0.494 e. The number of unbranched alkanes of at least 4 members (excludes halogenated alkanes) is 1. The van der Waals surface area contributed by atoms with E-state index in [2.05, 4.69) is 17.6 Å². The number of nitrogens with one attached hydrogen (secondary N) is 2. The van der Waals surface area contributed by atoms with Crippen molar-refractivity contribution in [2.24, 2.45) is 0 Å². The Balaban J connectivity index is 1.73. The molecule has 0 aliphatic heterocycles. The van der Waals surface area contributed by atoms with Crippen LogP contribution in [-0.2, 0) is 20.9 Å². The molecular formula is C23H27ClN2O5. The van der Waals surface area contributed by atoms with Gasteiger partial charge in [0.25, 0.3) is 11.8 Å². The summed E-state index contributed by atoms with van der Waals surface area (Å²) in [4.78, 5) is 36.3. The maximum absolute atomic E-state index is 12.2. The molecule has 8 heteroatoms. The highest BCUT2D eigenvalue weighted by molar-refractivity contribution is 6.31. The number of rotatable bonds is 11. The van der Waals surface area contributed by atoms with Crippen molar-refractivity contribution in [2.45, 2.75) is 39.3 Å². The van der Waals surface area contributed by atoms with Gasteiger partial charge in [0.05, 0.1) is 6.61 Å². The van der Waals surface area contributed by atoms with Crippen LogP contribution in [0.4, 0.5) is 0 Å². The lowest BCUT2D eigenvalue weighted by molar-refractivity contribution is -0.153. The summed E-state index contributed by atoms with van der Waals surface area (Å²) in [6.07, 6.45) is 0.991. The van der Waals surface area contributed by atoms with Gasteiger partial charge in [-0.1, -0.05) is 43.1 Å². The minimum absolute atomic E-state index is 0.218. The summed E-state index contributed by atoms with van der Waals surface area (Å²) in [5, 5.41) is 5.67. The number of carbonyl (C=O) groups is 3. The summed E-state index contributed by atoms with van der Waals surface area (Å²) in [6.45, 7) is 4.03. The molecule has 2 N–H and O–H groups in total. The Morgan fingerprint density at radius 1 is 1.03 bits per heavy atom. The first-order chi connectivity index (χ1) is 14.9. The molecule has 1 unspecified atom stereocenters. The fourth-order valence-corrected chi connectivity index (χ4v) is 2.75. The lowest BCUT2D eigenvalue weighted by Gasteiger charge is -2.14. The van der Waals surface area contributed by atoms with Crippen LogP contribution in [0.3, 0.4) is 0 Å². The average Bonchev–Trinajstić information content (AvgIpc) is 2.77. The van der Waals surface area contributed by atoms with Crippen molar-refractivity contribution in [3.8, 4) is 5.75 Å². The van der Waals surface area contributed by atoms with E-state index in [9.17, 15) is 14.4 Å². The first-order valence-corrected chi connectivity index (χ1v) is 10.5. The second-order valence-corrected chi connectivity index (χ2v) is 7.26. The number of halogens is 1. The van der Waals surface area contributed by atoms with Gasteiger partial charge in [-0.25, -0.2) is 0 Å². The van der Waals surface area contributed by atoms with Crippen molar-refractivity contribution >= 4 is 29.4 Å². The number of carbonyl (C=O) groups excluding carboxylic acids is 3. The van der Waals surface area contributed by atoms with Crippen molar-refractivity contribution < 1.29 is 23.9 Å². The van der Waals surface area contributed by atoms with E-state index in [4.69, 9.17) is 21.1 Å². The van der Waals surface area contributed by atoms with Gasteiger partial charge in [-0.2, -0.15) is 0 Å². The first-order valence-electron chi connectivity index (χ1n) is 10.1. The maximum Gasteiger partial charge on any atom is 0.326 e. The van der Waals surface area contributed by atoms with E-state index in [0.717, 1.165) is 18.4 Å². The quantitative estimate of drug-likeness (QED) is 0.407. The molecule has 0 spiro atoms. The SMILES string of the molecule is CCCCOc1ccc(C(=O)NCC(=O)OC(C)C(=O)NCc2ccccc2Cl)cc1. The third-order valence-corrected chi connectivity index (χ3v) is 4.73. The molecule has 0 heterocycles. The highest BCUT2D eigenvalue weighted by atomic mass is 35.5. The lowest BCUT2D eigenvalue weighted by atomic mass is 10.2. The number of amides is 2. The van der Waals surface area contributed by atoms with Crippen LogP contribution < -0.4 is 15.4 Å². The van der Waals surface area contributed by atoms with E-state index >= 15 is 0 Å². The molecule has 2 amide bonds. The van der Waals surface area contributed by atoms with Crippen molar-refractivity contribution in [1.29, 1.82) is 0 Å². The fraction of sp³-hybridized carbons (Fsp3) is 0.348. The molecule has 166 valence electrons. The van der Waals surface area contributed by atoms with Crippen molar-refractivity contribution in [1.82, 2.24) is 10.6 Å². The predicted molar refractivity (Wildman–Crippen MR) is 118 cm³/mol. The molecule has 2 aromatic carbocycles. The third kappa shape index (κ3) is 8.30. The molecular weight excluding hydrogens is 420 g/mol. The fourth-order valence-electron chi connectivity index (χ4n) is 2.55. The first kappa shape index (κ1) is 24.2. The summed E-state index contributed by atoms with van der Waals surface area (Å²) in [5.41, 5.74) is 1.14. The van der Waals surface area contributed by atoms with Gasteiger partial charge in [-0.15, -0.1) is 0 Å². The van der Waals surface area contributed by atoms with E-state index in [-0.39, 0.29) is 13.1 Å². The molecule has 0 fully saturated rings. The molecule has 0 aromatic heterocycles. The zero-order valence-electron chi connectivity index (χ0n) is 17.7. The molecule has 2 rings (SSSR count). The molecule has 31 heavy (non-hydrogen) atoms. The second-order valence-electron chi connectivity index (χ2n) is 6.85. The molecule has 7 nitrogen and oxygen atoms in total. The third-order valence-electron chi connectivity index (χ3n) is 4.36. The number of esters is 1. The number of hydrogen-bond donors (Lipinski definition) is 2. The zero-order chi connectivity index (χ0) is 22.6. The van der Waals surface area contributed by atoms with Gasteiger partial charge in [-0.05, 0) is 49.2 Å². The van der Waals surface area contributed by atoms with Gasteiger partial charge < -0.3 is 20.1 Å². The summed E-state index contributed by atoms with van der Waals surface area (Å²) in [6, 6.07) is 13.8. The zero-order valence-corrected chi connectivity index (χ0v) is 18.4. The Kier molecular flexibility index (Phi) is 9.84. The number of ether oxygens (including phenoxy) is 2. The van der Waals surface area contributed by atoms with E-state index < -0.39 is 23.9 Å². The van der Waals surface area contributed by atoms with E-state index in [1.165, 1.54) is 6.92 Å². The van der Waals surface area contributed by atoms with Gasteiger partial charge in [0, 0.05) is 17.1 Å². The highest BCUT2D eigenvalue weighted by Crippen LogP contribution is 2.14. The molecule has 1 atom stereocenters. The summed E-state index contributed by atoms with van der Waals surface area (Å²) < 4.78 is 10.6. The predicted octanol–water partition coefficient (Wildman–Crippen LogP) is 3.50. The van der Waals surface area contributed by atoms with E-state index in [1.807, 2.05) is 6.07 Å². The summed E-state index contributed by atoms with van der Waals surface area (Å²) >= 11 is 6.05. The second kappa shape index (κ2) is 12.6. The normalized spacial score (nSPS) is 11.3. The van der Waals surface area contributed by atoms with Gasteiger partial charge in [0.1, 0.15) is 12.3 Å². The summed E-state index contributed by atoms with van der Waals surface area (Å²) in [5.74, 6) is -0.916. The van der Waals surface area contributed by atoms with Crippen molar-refractivity contribution in [3.05, 3.63) is 64.7 Å². The van der Waals surface area contributed by atoms with Crippen LogP contribution in [0.5, 0.6) is 5.75 Å². The van der Waals surface area contributed by atoms with Crippen LogP contribution in [0.25, 0.3) is 0 Å². The monoisotopic (exact) mass is 446 g/mol. The Bertz CT molecular complexity index is 886. The van der Waals surface area contributed by atoms with Gasteiger partial charge in [0.15, 0.2) is 6.10 Å². The molecule has 0 bridgehead atoms. The van der Waals surface area contributed by atoms with Crippen LogP contribution in [0.2, 0.25) is 5.02 Å². The molecule has 0 radical (unpaired) electrons. The Morgan fingerprint density at radius 2 is 1.74 bits per heavy atom. The van der Waals surface area contributed by atoms with Gasteiger partial charge in [0.2, 0.25) is 0 Å². The standard InChI is InChI=1S/C23H27ClN2O5/c1-3-4-13-30-19-11-9-17(10-12-19)23(29)26-15-21(27)31-16(2)22(28)25-14-18-7-5-6-8-20(18)24/h5-12,16H,3-4,13-15H2,1-2H3,(H,25,28)(H,26,29). The van der Waals surface area contributed by atoms with Crippen LogP contribution in [0.15, 0.2) is 48.5 Å². The minimum atomic E-state index is -1.01. The lowest BCUT2D eigenvalue weighted by Crippen LogP contribution is -2.38. The molecule has 0 saturated heterocycles. The number of benzene rings is 2. The maximum atomic E-state index is 12.2. The molecule has 2 aromatic rings. The minimum Gasteiger partial charge on any atom is -0.494 e. The van der Waals surface area contributed by atoms with Crippen molar-refractivity contribution in [3.63, 3.8) is 0 Å². The Morgan fingerprint density at radius 3 is 2.42 bits per heavy atom. The topological polar surface area (TPSA) is 93.7 Å².